The largest absolute Gasteiger partial charge is 0.478 e. The molecule has 1 aliphatic carbocycles. The van der Waals surface area contributed by atoms with E-state index in [1.54, 1.807) is 4.68 Å². The Labute approximate surface area is 174 Å². The van der Waals surface area contributed by atoms with E-state index in [1.807, 2.05) is 0 Å². The van der Waals surface area contributed by atoms with Crippen molar-refractivity contribution in [1.82, 2.24) is 19.7 Å². The van der Waals surface area contributed by atoms with Crippen LogP contribution in [0.25, 0.3) is 5.82 Å². The Hall–Kier alpha value is -2.94. The molecule has 6 nitrogen and oxygen atoms in total. The maximum atomic E-state index is 13.4. The van der Waals surface area contributed by atoms with Crippen molar-refractivity contribution in [2.24, 2.45) is 0 Å². The lowest BCUT2D eigenvalue weighted by molar-refractivity contribution is -0.141. The lowest BCUT2D eigenvalue weighted by Gasteiger charge is -2.15. The predicted octanol–water partition coefficient (Wildman–Crippen LogP) is 4.50. The maximum absolute atomic E-state index is 13.4. The third-order valence-electron chi connectivity index (χ3n) is 5.09. The smallest absolute Gasteiger partial charge is 0.433 e. The second-order valence-electron chi connectivity index (χ2n) is 7.00. The van der Waals surface area contributed by atoms with E-state index in [9.17, 15) is 18.0 Å². The molecule has 0 saturated heterocycles. The molecule has 156 valence electrons. The summed E-state index contributed by atoms with van der Waals surface area (Å²) >= 11 is 6.10. The number of aromatic nitrogens is 4. The summed E-state index contributed by atoms with van der Waals surface area (Å²) in [5.74, 6) is -0.680. The summed E-state index contributed by atoms with van der Waals surface area (Å²) in [4.78, 5) is 18.7. The van der Waals surface area contributed by atoms with E-state index in [0.717, 1.165) is 30.3 Å². The van der Waals surface area contributed by atoms with E-state index in [0.29, 0.717) is 24.4 Å². The van der Waals surface area contributed by atoms with Crippen LogP contribution < -0.4 is 0 Å². The minimum atomic E-state index is -4.63. The fraction of sp³-hybridized carbons (Fsp3) is 0.300. The standard InChI is InChI=1S/C20H16ClF3N4O2/c21-14-7-8-25-18(20(22,23)24)13(14)9-15-12-3-1-2-4-16(12)28(27-15)17-6-5-11(10-26-17)19(29)30/h5-8,10H,1-4,9H2,(H,29,30). The number of halogens is 4. The molecule has 0 fully saturated rings. The molecular formula is C20H16ClF3N4O2. The van der Waals surface area contributed by atoms with Gasteiger partial charge in [0.15, 0.2) is 5.82 Å². The van der Waals surface area contributed by atoms with Crippen LogP contribution in [-0.4, -0.2) is 30.8 Å². The summed E-state index contributed by atoms with van der Waals surface area (Å²) in [6.45, 7) is 0. The number of hydrogen-bond acceptors (Lipinski definition) is 4. The van der Waals surface area contributed by atoms with Gasteiger partial charge in [-0.3, -0.25) is 4.98 Å². The van der Waals surface area contributed by atoms with Crippen LogP contribution in [0.15, 0.2) is 30.6 Å². The molecule has 0 bridgehead atoms. The van der Waals surface area contributed by atoms with Crippen molar-refractivity contribution in [2.75, 3.05) is 0 Å². The van der Waals surface area contributed by atoms with Crippen LogP contribution in [0.3, 0.4) is 0 Å². The van der Waals surface area contributed by atoms with E-state index in [4.69, 9.17) is 16.7 Å². The van der Waals surface area contributed by atoms with Crippen molar-refractivity contribution < 1.29 is 23.1 Å². The van der Waals surface area contributed by atoms with Crippen LogP contribution >= 0.6 is 11.6 Å². The highest BCUT2D eigenvalue weighted by Crippen LogP contribution is 2.36. The van der Waals surface area contributed by atoms with Gasteiger partial charge in [-0.25, -0.2) is 14.5 Å². The molecule has 0 aromatic carbocycles. The lowest BCUT2D eigenvalue weighted by atomic mass is 9.93. The first kappa shape index (κ1) is 20.3. The first-order valence-corrected chi connectivity index (χ1v) is 9.63. The van der Waals surface area contributed by atoms with Crippen molar-refractivity contribution in [3.05, 3.63) is 69.4 Å². The van der Waals surface area contributed by atoms with Crippen LogP contribution in [-0.2, 0) is 25.4 Å². The van der Waals surface area contributed by atoms with Crippen molar-refractivity contribution >= 4 is 17.6 Å². The molecule has 3 aromatic rings. The third-order valence-corrected chi connectivity index (χ3v) is 5.44. The summed E-state index contributed by atoms with van der Waals surface area (Å²) in [5, 5.41) is 13.6. The Balaban J connectivity index is 1.79. The van der Waals surface area contributed by atoms with Gasteiger partial charge in [0.25, 0.3) is 0 Å². The Morgan fingerprint density at radius 3 is 2.60 bits per heavy atom. The molecule has 0 atom stereocenters. The number of carboxylic acid groups (broad SMARTS) is 1. The van der Waals surface area contributed by atoms with Crippen molar-refractivity contribution in [2.45, 2.75) is 38.3 Å². The number of rotatable bonds is 4. The molecule has 1 aliphatic rings. The molecule has 4 rings (SSSR count). The van der Waals surface area contributed by atoms with Crippen molar-refractivity contribution in [3.63, 3.8) is 0 Å². The van der Waals surface area contributed by atoms with Gasteiger partial charge < -0.3 is 5.11 Å². The number of pyridine rings is 2. The summed E-state index contributed by atoms with van der Waals surface area (Å²) < 4.78 is 41.9. The average Bonchev–Trinajstić information content (AvgIpc) is 3.07. The normalized spacial score (nSPS) is 13.9. The van der Waals surface area contributed by atoms with Crippen LogP contribution in [0, 0.1) is 0 Å². The number of alkyl halides is 3. The number of nitrogens with zero attached hydrogens (tertiary/aromatic N) is 4. The topological polar surface area (TPSA) is 80.9 Å². The minimum Gasteiger partial charge on any atom is -0.478 e. The monoisotopic (exact) mass is 436 g/mol. The molecule has 0 aliphatic heterocycles. The number of carbonyl (C=O) groups is 1. The quantitative estimate of drug-likeness (QED) is 0.651. The molecule has 1 N–H and O–H groups in total. The van der Waals surface area contributed by atoms with Gasteiger partial charge in [0, 0.05) is 35.1 Å². The van der Waals surface area contributed by atoms with Gasteiger partial charge in [-0.15, -0.1) is 0 Å². The van der Waals surface area contributed by atoms with Gasteiger partial charge in [0.2, 0.25) is 0 Å². The molecule has 0 amide bonds. The van der Waals surface area contributed by atoms with Gasteiger partial charge in [-0.05, 0) is 49.4 Å². The summed E-state index contributed by atoms with van der Waals surface area (Å²) in [6.07, 6.45) is 0.761. The van der Waals surface area contributed by atoms with Crippen LogP contribution in [0.4, 0.5) is 13.2 Å². The van der Waals surface area contributed by atoms with Gasteiger partial charge in [0.05, 0.1) is 11.3 Å². The molecule has 0 spiro atoms. The van der Waals surface area contributed by atoms with E-state index in [-0.39, 0.29) is 22.6 Å². The zero-order chi connectivity index (χ0) is 21.5. The molecule has 30 heavy (non-hydrogen) atoms. The Bertz CT molecular complexity index is 1110. The van der Waals surface area contributed by atoms with Gasteiger partial charge in [0.1, 0.15) is 5.69 Å². The van der Waals surface area contributed by atoms with Gasteiger partial charge >= 0.3 is 12.1 Å². The van der Waals surface area contributed by atoms with E-state index in [1.165, 1.54) is 24.4 Å². The summed E-state index contributed by atoms with van der Waals surface area (Å²) in [6, 6.07) is 4.29. The molecule has 0 unspecified atom stereocenters. The summed E-state index contributed by atoms with van der Waals surface area (Å²) in [5.41, 5.74) is 1.17. The highest BCUT2D eigenvalue weighted by Gasteiger charge is 2.37. The third kappa shape index (κ3) is 3.77. The van der Waals surface area contributed by atoms with Crippen LogP contribution in [0.2, 0.25) is 5.02 Å². The van der Waals surface area contributed by atoms with Crippen molar-refractivity contribution in [1.29, 1.82) is 0 Å². The highest BCUT2D eigenvalue weighted by molar-refractivity contribution is 6.31. The second kappa shape index (κ2) is 7.71. The predicted molar refractivity (Wildman–Crippen MR) is 102 cm³/mol. The average molecular weight is 437 g/mol. The molecule has 10 heteroatoms. The Kier molecular flexibility index (Phi) is 5.23. The number of fused-ring (bicyclic) bond motifs is 1. The number of hydrogen-bond donors (Lipinski definition) is 1. The summed E-state index contributed by atoms with van der Waals surface area (Å²) in [7, 11) is 0. The number of aromatic carboxylic acids is 1. The first-order valence-electron chi connectivity index (χ1n) is 9.25. The molecule has 3 heterocycles. The fourth-order valence-corrected chi connectivity index (χ4v) is 3.91. The van der Waals surface area contributed by atoms with Crippen LogP contribution in [0.1, 0.15) is 51.4 Å². The van der Waals surface area contributed by atoms with Crippen molar-refractivity contribution in [3.8, 4) is 5.82 Å². The fourth-order valence-electron chi connectivity index (χ4n) is 3.69. The van der Waals surface area contributed by atoms with E-state index >= 15 is 0 Å². The second-order valence-corrected chi connectivity index (χ2v) is 7.40. The van der Waals surface area contributed by atoms with Gasteiger partial charge in [-0.2, -0.15) is 18.3 Å². The molecule has 0 saturated carbocycles. The zero-order valence-electron chi connectivity index (χ0n) is 15.6. The molecular weight excluding hydrogens is 421 g/mol. The molecule has 0 radical (unpaired) electrons. The Morgan fingerprint density at radius 2 is 1.93 bits per heavy atom. The van der Waals surface area contributed by atoms with E-state index in [2.05, 4.69) is 15.1 Å². The molecule has 3 aromatic heterocycles. The lowest BCUT2D eigenvalue weighted by Crippen LogP contribution is -2.13. The first-order chi connectivity index (χ1) is 14.3. The highest BCUT2D eigenvalue weighted by atomic mass is 35.5. The van der Waals surface area contributed by atoms with E-state index < -0.39 is 17.8 Å². The minimum absolute atomic E-state index is 0.0135. The Morgan fingerprint density at radius 1 is 1.17 bits per heavy atom. The van der Waals surface area contributed by atoms with Gasteiger partial charge in [-0.1, -0.05) is 11.6 Å². The number of carboxylic acids is 1. The van der Waals surface area contributed by atoms with Crippen LogP contribution in [0.5, 0.6) is 0 Å². The maximum Gasteiger partial charge on any atom is 0.433 e. The zero-order valence-corrected chi connectivity index (χ0v) is 16.3. The SMILES string of the molecule is O=C(O)c1ccc(-n2nc(Cc3c(Cl)ccnc3C(F)(F)F)c3c2CCCC3)nc1.